The van der Waals surface area contributed by atoms with Gasteiger partial charge in [0, 0.05) is 13.5 Å². The van der Waals surface area contributed by atoms with Gasteiger partial charge in [0.1, 0.15) is 6.54 Å². The molecule has 0 saturated heterocycles. The fourth-order valence-electron chi connectivity index (χ4n) is 1.99. The second-order valence-corrected chi connectivity index (χ2v) is 4.12. The van der Waals surface area contributed by atoms with Gasteiger partial charge in [0.2, 0.25) is 5.91 Å². The van der Waals surface area contributed by atoms with E-state index in [1.54, 1.807) is 7.05 Å². The Balaban J connectivity index is 2.28. The largest absolute Gasteiger partial charge is 0.332 e. The Labute approximate surface area is 85.7 Å². The molecule has 0 aromatic heterocycles. The van der Waals surface area contributed by atoms with E-state index in [4.69, 9.17) is 5.26 Å². The molecule has 0 aliphatic heterocycles. The van der Waals surface area contributed by atoms with Crippen molar-refractivity contribution < 1.29 is 4.79 Å². The fourth-order valence-corrected chi connectivity index (χ4v) is 1.99. The first-order valence-electron chi connectivity index (χ1n) is 5.35. The Morgan fingerprint density at radius 2 is 2.07 bits per heavy atom. The number of hydrogen-bond donors (Lipinski definition) is 0. The van der Waals surface area contributed by atoms with Gasteiger partial charge in [-0.1, -0.05) is 19.3 Å². The molecule has 0 heterocycles. The number of carbonyl (C=O) groups excluding carboxylic acids is 1. The second-order valence-electron chi connectivity index (χ2n) is 4.12. The molecule has 1 rings (SSSR count). The first-order valence-corrected chi connectivity index (χ1v) is 5.35. The van der Waals surface area contributed by atoms with Gasteiger partial charge in [0.15, 0.2) is 0 Å². The van der Waals surface area contributed by atoms with Gasteiger partial charge in [0.05, 0.1) is 6.07 Å². The summed E-state index contributed by atoms with van der Waals surface area (Å²) in [6.45, 7) is 0.214. The maximum absolute atomic E-state index is 11.6. The summed E-state index contributed by atoms with van der Waals surface area (Å²) in [5.41, 5.74) is 0. The van der Waals surface area contributed by atoms with Gasteiger partial charge in [-0.3, -0.25) is 4.79 Å². The van der Waals surface area contributed by atoms with E-state index in [2.05, 4.69) is 0 Å². The van der Waals surface area contributed by atoms with Gasteiger partial charge in [-0.15, -0.1) is 0 Å². The van der Waals surface area contributed by atoms with E-state index in [1.807, 2.05) is 6.07 Å². The van der Waals surface area contributed by atoms with Crippen molar-refractivity contribution in [3.05, 3.63) is 0 Å². The van der Waals surface area contributed by atoms with Crippen LogP contribution in [0.2, 0.25) is 0 Å². The third-order valence-corrected chi connectivity index (χ3v) is 2.92. The van der Waals surface area contributed by atoms with E-state index in [9.17, 15) is 4.79 Å². The van der Waals surface area contributed by atoms with Gasteiger partial charge in [-0.25, -0.2) is 0 Å². The zero-order chi connectivity index (χ0) is 10.4. The van der Waals surface area contributed by atoms with Crippen molar-refractivity contribution in [2.24, 2.45) is 5.92 Å². The van der Waals surface area contributed by atoms with Crippen molar-refractivity contribution in [1.29, 1.82) is 5.26 Å². The maximum atomic E-state index is 11.6. The Morgan fingerprint density at radius 3 is 2.64 bits per heavy atom. The molecule has 1 aliphatic rings. The number of hydrogen-bond acceptors (Lipinski definition) is 2. The summed E-state index contributed by atoms with van der Waals surface area (Å²) in [7, 11) is 1.70. The highest BCUT2D eigenvalue weighted by Crippen LogP contribution is 2.26. The van der Waals surface area contributed by atoms with Crippen molar-refractivity contribution in [3.63, 3.8) is 0 Å². The van der Waals surface area contributed by atoms with Crippen LogP contribution in [-0.2, 0) is 4.79 Å². The molecule has 0 spiro atoms. The van der Waals surface area contributed by atoms with Gasteiger partial charge in [0.25, 0.3) is 0 Å². The van der Waals surface area contributed by atoms with Crippen LogP contribution in [0.1, 0.15) is 38.5 Å². The van der Waals surface area contributed by atoms with Crippen LogP contribution >= 0.6 is 0 Å². The lowest BCUT2D eigenvalue weighted by Crippen LogP contribution is -2.29. The number of amides is 1. The van der Waals surface area contributed by atoms with Crippen molar-refractivity contribution >= 4 is 5.91 Å². The lowest BCUT2D eigenvalue weighted by atomic mass is 9.87. The fraction of sp³-hybridized carbons (Fsp3) is 0.818. The molecule has 0 N–H and O–H groups in total. The molecule has 3 heteroatoms. The van der Waals surface area contributed by atoms with E-state index < -0.39 is 0 Å². The molecule has 14 heavy (non-hydrogen) atoms. The molecule has 0 atom stereocenters. The van der Waals surface area contributed by atoms with Crippen LogP contribution in [0.25, 0.3) is 0 Å². The van der Waals surface area contributed by atoms with Crippen LogP contribution < -0.4 is 0 Å². The van der Waals surface area contributed by atoms with E-state index in [1.165, 1.54) is 37.0 Å². The molecule has 78 valence electrons. The summed E-state index contributed by atoms with van der Waals surface area (Å²) >= 11 is 0. The molecular weight excluding hydrogens is 176 g/mol. The van der Waals surface area contributed by atoms with Gasteiger partial charge in [-0.05, 0) is 18.8 Å². The third-order valence-electron chi connectivity index (χ3n) is 2.92. The summed E-state index contributed by atoms with van der Waals surface area (Å²) < 4.78 is 0. The highest BCUT2D eigenvalue weighted by atomic mass is 16.2. The van der Waals surface area contributed by atoms with E-state index >= 15 is 0 Å². The minimum atomic E-state index is 0.124. The standard InChI is InChI=1S/C11H18N2O/c1-13(8-7-12)11(14)9-10-5-3-2-4-6-10/h10H,2-6,8-9H2,1H3. The summed E-state index contributed by atoms with van der Waals surface area (Å²) in [6, 6.07) is 1.99. The van der Waals surface area contributed by atoms with Gasteiger partial charge in [-0.2, -0.15) is 5.26 Å². The maximum Gasteiger partial charge on any atom is 0.223 e. The smallest absolute Gasteiger partial charge is 0.223 e. The second kappa shape index (κ2) is 5.64. The van der Waals surface area contributed by atoms with Crippen LogP contribution in [0.3, 0.4) is 0 Å². The molecule has 1 amide bonds. The van der Waals surface area contributed by atoms with Crippen LogP contribution in [0.5, 0.6) is 0 Å². The molecule has 1 saturated carbocycles. The van der Waals surface area contributed by atoms with E-state index in [0.717, 1.165) is 0 Å². The van der Waals surface area contributed by atoms with Crippen molar-refractivity contribution in [1.82, 2.24) is 4.90 Å². The van der Waals surface area contributed by atoms with Crippen LogP contribution in [0.4, 0.5) is 0 Å². The lowest BCUT2D eigenvalue weighted by molar-refractivity contribution is -0.130. The monoisotopic (exact) mass is 194 g/mol. The Morgan fingerprint density at radius 1 is 1.43 bits per heavy atom. The predicted octanol–water partition coefficient (Wildman–Crippen LogP) is 1.94. The average molecular weight is 194 g/mol. The van der Waals surface area contributed by atoms with Crippen LogP contribution in [0.15, 0.2) is 0 Å². The molecule has 3 nitrogen and oxygen atoms in total. The minimum absolute atomic E-state index is 0.124. The molecule has 0 bridgehead atoms. The SMILES string of the molecule is CN(CC#N)C(=O)CC1CCCCC1. The topological polar surface area (TPSA) is 44.1 Å². The third kappa shape index (κ3) is 3.37. The Bertz CT molecular complexity index is 226. The van der Waals surface area contributed by atoms with Crippen molar-refractivity contribution in [2.45, 2.75) is 38.5 Å². The van der Waals surface area contributed by atoms with E-state index in [0.29, 0.717) is 12.3 Å². The highest BCUT2D eigenvalue weighted by molar-refractivity contribution is 5.76. The van der Waals surface area contributed by atoms with Crippen molar-refractivity contribution in [2.75, 3.05) is 13.6 Å². The molecule has 1 aliphatic carbocycles. The normalized spacial score (nSPS) is 17.4. The summed E-state index contributed by atoms with van der Waals surface area (Å²) in [5.74, 6) is 0.691. The first kappa shape index (κ1) is 11.0. The summed E-state index contributed by atoms with van der Waals surface area (Å²) in [6.07, 6.45) is 6.86. The number of nitriles is 1. The molecule has 1 fully saturated rings. The predicted molar refractivity (Wildman–Crippen MR) is 54.4 cm³/mol. The average Bonchev–Trinajstić information content (AvgIpc) is 2.19. The highest BCUT2D eigenvalue weighted by Gasteiger charge is 2.18. The van der Waals surface area contributed by atoms with E-state index in [-0.39, 0.29) is 12.5 Å². The molecule has 0 aromatic rings. The number of nitrogens with zero attached hydrogens (tertiary/aromatic N) is 2. The Kier molecular flexibility index (Phi) is 4.45. The first-order chi connectivity index (χ1) is 6.74. The molecule has 0 radical (unpaired) electrons. The van der Waals surface area contributed by atoms with Gasteiger partial charge < -0.3 is 4.90 Å². The molecule has 0 unspecified atom stereocenters. The lowest BCUT2D eigenvalue weighted by Gasteiger charge is -2.23. The molecule has 0 aromatic carbocycles. The quantitative estimate of drug-likeness (QED) is 0.644. The van der Waals surface area contributed by atoms with Crippen LogP contribution in [0, 0.1) is 17.2 Å². The number of carbonyl (C=O) groups is 1. The van der Waals surface area contributed by atoms with Gasteiger partial charge >= 0.3 is 0 Å². The van der Waals surface area contributed by atoms with Crippen LogP contribution in [-0.4, -0.2) is 24.4 Å². The van der Waals surface area contributed by atoms with Crippen molar-refractivity contribution in [3.8, 4) is 6.07 Å². The minimum Gasteiger partial charge on any atom is -0.332 e. The summed E-state index contributed by atoms with van der Waals surface area (Å²) in [5, 5.41) is 8.45. The number of rotatable bonds is 3. The zero-order valence-electron chi connectivity index (χ0n) is 8.83. The summed E-state index contributed by atoms with van der Waals surface area (Å²) in [4.78, 5) is 13.1. The Hall–Kier alpha value is -1.04. The molecular formula is C11H18N2O. The zero-order valence-corrected chi connectivity index (χ0v) is 8.83.